The summed E-state index contributed by atoms with van der Waals surface area (Å²) in [4.78, 5) is 14.2. The number of hydrogen-bond donors (Lipinski definition) is 1. The van der Waals surface area contributed by atoms with Gasteiger partial charge in [-0.1, -0.05) is 26.0 Å². The van der Waals surface area contributed by atoms with E-state index in [-0.39, 0.29) is 0 Å². The minimum absolute atomic E-state index is 0.677. The molecule has 0 fully saturated rings. The maximum atomic E-state index is 10.3. The van der Waals surface area contributed by atoms with E-state index in [0.29, 0.717) is 6.41 Å². The molecule has 0 atom stereocenters. The van der Waals surface area contributed by atoms with Gasteiger partial charge in [-0.05, 0) is 17.7 Å². The van der Waals surface area contributed by atoms with Crippen LogP contribution in [0.2, 0.25) is 0 Å². The number of carbonyl (C=O) groups is 1. The average molecular weight is 231 g/mol. The smallest absolute Gasteiger partial charge is 0.211 e. The van der Waals surface area contributed by atoms with Gasteiger partial charge in [-0.25, -0.2) is 4.98 Å². The Balaban J connectivity index is 0.000000686. The predicted octanol–water partition coefficient (Wildman–Crippen LogP) is 2.53. The average Bonchev–Trinajstić information content (AvgIpc) is 2.85. The molecule has 4 heteroatoms. The van der Waals surface area contributed by atoms with Crippen molar-refractivity contribution < 1.29 is 4.79 Å². The van der Waals surface area contributed by atoms with Gasteiger partial charge in [0.05, 0.1) is 6.33 Å². The first-order valence-electron chi connectivity index (χ1n) is 5.63. The number of aromatic nitrogens is 2. The van der Waals surface area contributed by atoms with E-state index >= 15 is 0 Å². The summed E-state index contributed by atoms with van der Waals surface area (Å²) in [6.45, 7) is 4.76. The first kappa shape index (κ1) is 13.0. The zero-order valence-electron chi connectivity index (χ0n) is 10.1. The number of nitrogens with one attached hydrogen (secondary N) is 1. The second-order valence-electron chi connectivity index (χ2n) is 3.20. The van der Waals surface area contributed by atoms with Crippen LogP contribution in [-0.2, 0) is 11.3 Å². The third-order valence-electron chi connectivity index (χ3n) is 2.08. The fourth-order valence-corrected chi connectivity index (χ4v) is 1.42. The number of amides is 1. The molecule has 0 saturated heterocycles. The van der Waals surface area contributed by atoms with Gasteiger partial charge >= 0.3 is 0 Å². The molecule has 2 aromatic rings. The molecule has 1 amide bonds. The van der Waals surface area contributed by atoms with Gasteiger partial charge in [0.25, 0.3) is 0 Å². The van der Waals surface area contributed by atoms with Crippen molar-refractivity contribution in [3.63, 3.8) is 0 Å². The van der Waals surface area contributed by atoms with Crippen molar-refractivity contribution >= 4 is 12.1 Å². The van der Waals surface area contributed by atoms with Crippen molar-refractivity contribution in [3.8, 4) is 0 Å². The number of rotatable bonds is 4. The lowest BCUT2D eigenvalue weighted by atomic mass is 10.2. The second kappa shape index (κ2) is 7.22. The van der Waals surface area contributed by atoms with Crippen molar-refractivity contribution in [2.45, 2.75) is 20.4 Å². The van der Waals surface area contributed by atoms with Crippen LogP contribution in [0.1, 0.15) is 19.4 Å². The number of imidazole rings is 1. The predicted molar refractivity (Wildman–Crippen MR) is 68.8 cm³/mol. The normalized spacial score (nSPS) is 9.06. The van der Waals surface area contributed by atoms with Gasteiger partial charge in [0.1, 0.15) is 0 Å². The Kier molecular flexibility index (Phi) is 5.51. The van der Waals surface area contributed by atoms with Crippen molar-refractivity contribution in [3.05, 3.63) is 48.5 Å². The maximum Gasteiger partial charge on any atom is 0.211 e. The third kappa shape index (κ3) is 4.10. The summed E-state index contributed by atoms with van der Waals surface area (Å²) in [5.41, 5.74) is 1.93. The van der Waals surface area contributed by atoms with E-state index in [4.69, 9.17) is 0 Å². The van der Waals surface area contributed by atoms with Gasteiger partial charge in [-0.3, -0.25) is 4.79 Å². The van der Waals surface area contributed by atoms with E-state index in [0.717, 1.165) is 17.8 Å². The van der Waals surface area contributed by atoms with Crippen LogP contribution < -0.4 is 5.32 Å². The monoisotopic (exact) mass is 231 g/mol. The molecule has 0 radical (unpaired) electrons. The van der Waals surface area contributed by atoms with Crippen LogP contribution in [0.25, 0.3) is 0 Å². The summed E-state index contributed by atoms with van der Waals surface area (Å²) in [6.07, 6.45) is 6.09. The van der Waals surface area contributed by atoms with Crippen LogP contribution >= 0.6 is 0 Å². The van der Waals surface area contributed by atoms with Crippen molar-refractivity contribution in [2.24, 2.45) is 0 Å². The standard InChI is InChI=1S/C11H11N3O.C2H6/c15-9-13-11-3-1-2-10(6-11)7-14-5-4-12-8-14;1-2/h1-6,8-9H,7H2,(H,13,15);1-2H3. The third-order valence-corrected chi connectivity index (χ3v) is 2.08. The molecule has 0 aliphatic heterocycles. The maximum absolute atomic E-state index is 10.3. The highest BCUT2D eigenvalue weighted by atomic mass is 16.1. The zero-order valence-corrected chi connectivity index (χ0v) is 10.1. The van der Waals surface area contributed by atoms with Gasteiger partial charge in [0.2, 0.25) is 6.41 Å². The second-order valence-corrected chi connectivity index (χ2v) is 3.20. The highest BCUT2D eigenvalue weighted by molar-refractivity contribution is 5.71. The molecule has 1 heterocycles. The molecular weight excluding hydrogens is 214 g/mol. The first-order valence-corrected chi connectivity index (χ1v) is 5.63. The highest BCUT2D eigenvalue weighted by Gasteiger charge is 1.96. The number of nitrogens with zero attached hydrogens (tertiary/aromatic N) is 2. The summed E-state index contributed by atoms with van der Waals surface area (Å²) >= 11 is 0. The van der Waals surface area contributed by atoms with Crippen LogP contribution in [0, 0.1) is 0 Å². The van der Waals surface area contributed by atoms with Crippen molar-refractivity contribution in [1.29, 1.82) is 0 Å². The molecule has 0 saturated carbocycles. The van der Waals surface area contributed by atoms with Gasteiger partial charge in [-0.15, -0.1) is 0 Å². The van der Waals surface area contributed by atoms with Crippen molar-refractivity contribution in [1.82, 2.24) is 9.55 Å². The van der Waals surface area contributed by atoms with E-state index in [1.807, 2.05) is 48.9 Å². The Labute approximate surface area is 101 Å². The summed E-state index contributed by atoms with van der Waals surface area (Å²) in [5, 5.41) is 2.62. The number of anilines is 1. The van der Waals surface area contributed by atoms with Crippen LogP contribution in [0.3, 0.4) is 0 Å². The molecule has 0 unspecified atom stereocenters. The largest absolute Gasteiger partial charge is 0.333 e. The van der Waals surface area contributed by atoms with E-state index < -0.39 is 0 Å². The molecule has 17 heavy (non-hydrogen) atoms. The molecular formula is C13H17N3O. The molecule has 0 aliphatic rings. The summed E-state index contributed by atoms with van der Waals surface area (Å²) < 4.78 is 1.97. The van der Waals surface area contributed by atoms with E-state index in [9.17, 15) is 4.79 Å². The van der Waals surface area contributed by atoms with Crippen LogP contribution in [0.5, 0.6) is 0 Å². The minimum Gasteiger partial charge on any atom is -0.333 e. The van der Waals surface area contributed by atoms with Crippen molar-refractivity contribution in [2.75, 3.05) is 5.32 Å². The zero-order chi connectivity index (χ0) is 12.5. The number of benzene rings is 1. The van der Waals surface area contributed by atoms with Gasteiger partial charge < -0.3 is 9.88 Å². The van der Waals surface area contributed by atoms with E-state index in [2.05, 4.69) is 10.3 Å². The summed E-state index contributed by atoms with van der Waals surface area (Å²) in [6, 6.07) is 7.72. The minimum atomic E-state index is 0.677. The molecule has 1 N–H and O–H groups in total. The fourth-order valence-electron chi connectivity index (χ4n) is 1.42. The van der Waals surface area contributed by atoms with E-state index in [1.165, 1.54) is 0 Å². The fraction of sp³-hybridized carbons (Fsp3) is 0.231. The Morgan fingerprint density at radius 1 is 1.41 bits per heavy atom. The molecule has 0 bridgehead atoms. The van der Waals surface area contributed by atoms with Crippen LogP contribution in [-0.4, -0.2) is 16.0 Å². The van der Waals surface area contributed by atoms with Gasteiger partial charge in [0, 0.05) is 24.6 Å². The lowest BCUT2D eigenvalue weighted by Gasteiger charge is -2.04. The number of hydrogen-bond acceptors (Lipinski definition) is 2. The number of carbonyl (C=O) groups excluding carboxylic acids is 1. The Morgan fingerprint density at radius 2 is 2.24 bits per heavy atom. The molecule has 90 valence electrons. The van der Waals surface area contributed by atoms with E-state index in [1.54, 1.807) is 12.5 Å². The lowest BCUT2D eigenvalue weighted by Crippen LogP contribution is -1.98. The molecule has 2 rings (SSSR count). The highest BCUT2D eigenvalue weighted by Crippen LogP contribution is 2.10. The van der Waals surface area contributed by atoms with Gasteiger partial charge in [-0.2, -0.15) is 0 Å². The summed E-state index contributed by atoms with van der Waals surface area (Å²) in [7, 11) is 0. The topological polar surface area (TPSA) is 46.9 Å². The molecule has 4 nitrogen and oxygen atoms in total. The Bertz CT molecular complexity index is 438. The van der Waals surface area contributed by atoms with Crippen LogP contribution in [0.4, 0.5) is 5.69 Å². The van der Waals surface area contributed by atoms with Gasteiger partial charge in [0.15, 0.2) is 0 Å². The molecule has 1 aromatic carbocycles. The Hall–Kier alpha value is -2.10. The van der Waals surface area contributed by atoms with Crippen LogP contribution in [0.15, 0.2) is 43.0 Å². The first-order chi connectivity index (χ1) is 8.38. The Morgan fingerprint density at radius 3 is 2.88 bits per heavy atom. The summed E-state index contributed by atoms with van der Waals surface area (Å²) in [5.74, 6) is 0. The SMILES string of the molecule is CC.O=CNc1cccc(Cn2ccnc2)c1. The lowest BCUT2D eigenvalue weighted by molar-refractivity contribution is -0.105. The molecule has 0 spiro atoms. The molecule has 1 aromatic heterocycles. The molecule has 0 aliphatic carbocycles. The quantitative estimate of drug-likeness (QED) is 0.822.